The van der Waals surface area contributed by atoms with Crippen LogP contribution in [0.1, 0.15) is 27.9 Å². The molecule has 176 valence electrons. The van der Waals surface area contributed by atoms with Crippen molar-refractivity contribution in [2.24, 2.45) is 0 Å². The van der Waals surface area contributed by atoms with Crippen LogP contribution in [0.15, 0.2) is 57.8 Å². The summed E-state index contributed by atoms with van der Waals surface area (Å²) >= 11 is 0. The second kappa shape index (κ2) is 9.58. The normalized spacial score (nSPS) is 12.7. The molecule has 0 fully saturated rings. The summed E-state index contributed by atoms with van der Waals surface area (Å²) in [4.78, 5) is 32.8. The molecule has 2 aromatic carbocycles. The number of hydrogen-bond donors (Lipinski definition) is 2. The Labute approximate surface area is 194 Å². The molecule has 0 aliphatic heterocycles. The largest absolute Gasteiger partial charge is 0.497 e. The number of benzene rings is 2. The van der Waals surface area contributed by atoms with E-state index in [4.69, 9.17) is 9.15 Å². The number of hydrogen-bond acceptors (Lipinski definition) is 6. The first kappa shape index (κ1) is 24.2. The second-order valence-electron chi connectivity index (χ2n) is 8.34. The first-order valence-corrected chi connectivity index (χ1v) is 13.0. The predicted molar refractivity (Wildman–Crippen MR) is 129 cm³/mol. The van der Waals surface area contributed by atoms with Gasteiger partial charge >= 0.3 is 6.08 Å². The van der Waals surface area contributed by atoms with E-state index in [2.05, 4.69) is 29.1 Å². The highest BCUT2D eigenvalue weighted by Crippen LogP contribution is 2.45. The van der Waals surface area contributed by atoms with Crippen LogP contribution in [-0.4, -0.2) is 59.7 Å². The number of carbonyl (C=O) groups excluding carboxylic acids is 2. The van der Waals surface area contributed by atoms with E-state index in [-0.39, 0.29) is 11.5 Å². The van der Waals surface area contributed by atoms with E-state index < -0.39 is 34.0 Å². The first-order valence-electron chi connectivity index (χ1n) is 10.2. The number of nitrogens with one attached hydrogen (secondary N) is 1. The lowest BCUT2D eigenvalue weighted by molar-refractivity contribution is -0.120. The number of rotatable bonds is 7. The van der Waals surface area contributed by atoms with E-state index in [1.54, 1.807) is 31.4 Å². The number of aryl methyl sites for hydroxylation is 1. The Morgan fingerprint density at radius 2 is 1.70 bits per heavy atom. The van der Waals surface area contributed by atoms with Gasteiger partial charge in [0.05, 0.1) is 7.11 Å². The Balaban J connectivity index is 1.93. The number of oxazole rings is 1. The Morgan fingerprint density at radius 3 is 2.18 bits per heavy atom. The van der Waals surface area contributed by atoms with Crippen molar-refractivity contribution >= 4 is 27.5 Å². The summed E-state index contributed by atoms with van der Waals surface area (Å²) < 4.78 is 10.2. The SMILES string of the molecule is COc1ccc(C(C(=O)Nc2ccc(S(C)(C)C)cc2)N(C)C(=O)c2nc(O)oc2C)cc1. The predicted octanol–water partition coefficient (Wildman–Crippen LogP) is 4.20. The molecule has 8 nitrogen and oxygen atoms in total. The third-order valence-electron chi connectivity index (χ3n) is 5.20. The monoisotopic (exact) mass is 471 g/mol. The zero-order valence-corrected chi connectivity index (χ0v) is 20.4. The lowest BCUT2D eigenvalue weighted by atomic mass is 10.0. The van der Waals surface area contributed by atoms with Gasteiger partial charge in [-0.3, -0.25) is 9.59 Å². The van der Waals surface area contributed by atoms with Crippen LogP contribution in [0.2, 0.25) is 0 Å². The van der Waals surface area contributed by atoms with Gasteiger partial charge in [0.15, 0.2) is 5.69 Å². The summed E-state index contributed by atoms with van der Waals surface area (Å²) in [5.74, 6) is -0.153. The fourth-order valence-corrected chi connectivity index (χ4v) is 4.31. The van der Waals surface area contributed by atoms with Crippen LogP contribution in [0.4, 0.5) is 5.69 Å². The summed E-state index contributed by atoms with van der Waals surface area (Å²) in [6, 6.07) is 13.7. The summed E-state index contributed by atoms with van der Waals surface area (Å²) in [5, 5.41) is 12.4. The maximum absolute atomic E-state index is 13.4. The summed E-state index contributed by atoms with van der Waals surface area (Å²) in [6.07, 6.45) is 6.00. The van der Waals surface area contributed by atoms with Crippen LogP contribution < -0.4 is 10.1 Å². The topological polar surface area (TPSA) is 105 Å². The Kier molecular flexibility index (Phi) is 7.02. The maximum atomic E-state index is 13.4. The van der Waals surface area contributed by atoms with Gasteiger partial charge in [0, 0.05) is 12.7 Å². The molecule has 1 heterocycles. The van der Waals surface area contributed by atoms with E-state index in [1.807, 2.05) is 24.3 Å². The number of carbonyl (C=O) groups is 2. The van der Waals surface area contributed by atoms with Crippen molar-refractivity contribution in [3.63, 3.8) is 0 Å². The van der Waals surface area contributed by atoms with Gasteiger partial charge in [-0.05, 0) is 72.5 Å². The molecule has 0 spiro atoms. The summed E-state index contributed by atoms with van der Waals surface area (Å²) in [6.45, 7) is 1.52. The first-order chi connectivity index (χ1) is 15.5. The molecular formula is C24H29N3O5S. The quantitative estimate of drug-likeness (QED) is 0.535. The minimum absolute atomic E-state index is 0.0567. The second-order valence-corrected chi connectivity index (χ2v) is 12.5. The van der Waals surface area contributed by atoms with E-state index in [0.717, 1.165) is 0 Å². The molecule has 0 saturated heterocycles. The maximum Gasteiger partial charge on any atom is 0.391 e. The number of aromatic hydroxyl groups is 1. The molecule has 3 rings (SSSR count). The average Bonchev–Trinajstić information content (AvgIpc) is 3.11. The smallest absolute Gasteiger partial charge is 0.391 e. The molecule has 0 aliphatic rings. The molecule has 0 aliphatic carbocycles. The highest BCUT2D eigenvalue weighted by Gasteiger charge is 2.32. The van der Waals surface area contributed by atoms with Crippen molar-refractivity contribution in [2.45, 2.75) is 17.9 Å². The zero-order valence-electron chi connectivity index (χ0n) is 19.6. The number of ether oxygens (including phenoxy) is 1. The molecule has 33 heavy (non-hydrogen) atoms. The Bertz CT molecular complexity index is 1130. The molecule has 1 unspecified atom stereocenters. The number of methoxy groups -OCH3 is 1. The van der Waals surface area contributed by atoms with Gasteiger partial charge < -0.3 is 24.5 Å². The van der Waals surface area contributed by atoms with Crippen LogP contribution in [0.25, 0.3) is 0 Å². The van der Waals surface area contributed by atoms with Gasteiger partial charge in [0.25, 0.3) is 11.8 Å². The Hall–Kier alpha value is -3.46. The molecular weight excluding hydrogens is 442 g/mol. The van der Waals surface area contributed by atoms with Gasteiger partial charge in [-0.15, -0.1) is 0 Å². The van der Waals surface area contributed by atoms with Gasteiger partial charge in [-0.1, -0.05) is 12.1 Å². The molecule has 0 saturated carbocycles. The molecule has 1 aromatic heterocycles. The number of nitrogens with zero attached hydrogens (tertiary/aromatic N) is 2. The third kappa shape index (κ3) is 5.48. The highest BCUT2D eigenvalue weighted by atomic mass is 32.3. The van der Waals surface area contributed by atoms with E-state index in [1.165, 1.54) is 23.8 Å². The molecule has 2 amide bonds. The van der Waals surface area contributed by atoms with Crippen molar-refractivity contribution in [3.8, 4) is 11.8 Å². The van der Waals surface area contributed by atoms with Gasteiger partial charge in [-0.25, -0.2) is 10.0 Å². The van der Waals surface area contributed by atoms with Crippen molar-refractivity contribution in [1.29, 1.82) is 0 Å². The molecule has 3 aromatic rings. The van der Waals surface area contributed by atoms with Crippen LogP contribution >= 0.6 is 10.0 Å². The van der Waals surface area contributed by atoms with Gasteiger partial charge in [0.2, 0.25) is 0 Å². The average molecular weight is 472 g/mol. The number of anilines is 1. The van der Waals surface area contributed by atoms with E-state index >= 15 is 0 Å². The third-order valence-corrected chi connectivity index (χ3v) is 6.89. The van der Waals surface area contributed by atoms with Crippen LogP contribution in [-0.2, 0) is 4.79 Å². The van der Waals surface area contributed by atoms with Crippen LogP contribution in [0.3, 0.4) is 0 Å². The van der Waals surface area contributed by atoms with Crippen LogP contribution in [0, 0.1) is 6.92 Å². The minimum atomic E-state index is -0.963. The van der Waals surface area contributed by atoms with E-state index in [0.29, 0.717) is 17.0 Å². The van der Waals surface area contributed by atoms with Crippen molar-refractivity contribution < 1.29 is 23.8 Å². The lowest BCUT2D eigenvalue weighted by Gasteiger charge is -2.28. The number of aromatic nitrogens is 1. The van der Waals surface area contributed by atoms with Crippen molar-refractivity contribution in [3.05, 3.63) is 65.5 Å². The van der Waals surface area contributed by atoms with Crippen LogP contribution in [0.5, 0.6) is 11.8 Å². The van der Waals surface area contributed by atoms with Gasteiger partial charge in [-0.2, -0.15) is 4.98 Å². The standard InChI is InChI=1S/C24H29N3O5S/c1-15-20(26-24(30)32-15)23(29)27(2)21(16-7-11-18(31-3)12-8-16)22(28)25-17-9-13-19(14-10-17)33(4,5)6/h7-14,21H,1-6H3,(H,25,28)(H,26,30). The summed E-state index contributed by atoms with van der Waals surface area (Å²) in [7, 11) is 2.18. The lowest BCUT2D eigenvalue weighted by Crippen LogP contribution is -2.39. The number of amides is 2. The van der Waals surface area contributed by atoms with Crippen molar-refractivity contribution in [1.82, 2.24) is 9.88 Å². The molecule has 2 N–H and O–H groups in total. The summed E-state index contributed by atoms with van der Waals surface area (Å²) in [5.41, 5.74) is 1.16. The molecule has 1 atom stereocenters. The number of likely N-dealkylation sites (N-methyl/N-ethyl adjacent to an activating group) is 1. The van der Waals surface area contributed by atoms with E-state index in [9.17, 15) is 14.7 Å². The molecule has 0 bridgehead atoms. The fraction of sp³-hybridized carbons (Fsp3) is 0.292. The van der Waals surface area contributed by atoms with Crippen molar-refractivity contribution in [2.75, 3.05) is 38.2 Å². The Morgan fingerprint density at radius 1 is 1.09 bits per heavy atom. The minimum Gasteiger partial charge on any atom is -0.497 e. The fourth-order valence-electron chi connectivity index (χ4n) is 3.36. The molecule has 9 heteroatoms. The zero-order chi connectivity index (χ0) is 24.3. The van der Waals surface area contributed by atoms with Gasteiger partial charge in [0.1, 0.15) is 17.6 Å². The molecule has 0 radical (unpaired) electrons. The highest BCUT2D eigenvalue weighted by molar-refractivity contribution is 8.32.